The van der Waals surface area contributed by atoms with E-state index in [2.05, 4.69) is 22.5 Å². The number of nitrogens with one attached hydrogen (secondary N) is 2. The number of hydrogen-bond acceptors (Lipinski definition) is 4. The number of nitrogens with zero attached hydrogens (tertiary/aromatic N) is 1. The summed E-state index contributed by atoms with van der Waals surface area (Å²) in [7, 11) is 1.70. The molecule has 0 bridgehead atoms. The average Bonchev–Trinajstić information content (AvgIpc) is 2.09. The fourth-order valence-electron chi connectivity index (χ4n) is 1.20. The van der Waals surface area contributed by atoms with Gasteiger partial charge in [-0.05, 0) is 13.8 Å². The van der Waals surface area contributed by atoms with Crippen LogP contribution in [-0.4, -0.2) is 32.3 Å². The predicted molar refractivity (Wildman–Crippen MR) is 53.7 cm³/mol. The van der Waals surface area contributed by atoms with Gasteiger partial charge in [-0.2, -0.15) is 0 Å². The van der Waals surface area contributed by atoms with Gasteiger partial charge in [0.15, 0.2) is 0 Å². The highest BCUT2D eigenvalue weighted by molar-refractivity contribution is 5.98. The Morgan fingerprint density at radius 3 is 3.15 bits per heavy atom. The average molecular weight is 183 g/mol. The van der Waals surface area contributed by atoms with Gasteiger partial charge in [0.1, 0.15) is 12.5 Å². The molecule has 1 heterocycles. The Bertz CT molecular complexity index is 223. The third-order valence-corrected chi connectivity index (χ3v) is 1.82. The zero-order chi connectivity index (χ0) is 9.68. The first-order chi connectivity index (χ1) is 6.24. The van der Waals surface area contributed by atoms with E-state index in [0.29, 0.717) is 19.3 Å². The van der Waals surface area contributed by atoms with Crippen LogP contribution in [0.3, 0.4) is 0 Å². The third kappa shape index (κ3) is 3.06. The summed E-state index contributed by atoms with van der Waals surface area (Å²) in [6.07, 6.45) is 1.97. The van der Waals surface area contributed by atoms with Gasteiger partial charge in [0, 0.05) is 24.9 Å². The lowest BCUT2D eigenvalue weighted by molar-refractivity contribution is 0.179. The summed E-state index contributed by atoms with van der Waals surface area (Å²) in [6, 6.07) is 0.296. The van der Waals surface area contributed by atoms with Crippen LogP contribution in [0.25, 0.3) is 0 Å². The van der Waals surface area contributed by atoms with Gasteiger partial charge in [-0.25, -0.2) is 4.99 Å². The summed E-state index contributed by atoms with van der Waals surface area (Å²) < 4.78 is 5.03. The maximum Gasteiger partial charge on any atom is 0.127 e. The van der Waals surface area contributed by atoms with Crippen molar-refractivity contribution in [3.63, 3.8) is 0 Å². The number of rotatable bonds is 3. The van der Waals surface area contributed by atoms with Crippen molar-refractivity contribution in [3.8, 4) is 0 Å². The standard InChI is InChI=1S/C9H17N3O/c1-7-4-10-6-11-9(7)12-8(2)5-13-3/h4,8,10H,5-6H2,1-3H3,(H,11,12)/t8-/m1/s1. The maximum atomic E-state index is 5.03. The van der Waals surface area contributed by atoms with Crippen LogP contribution in [-0.2, 0) is 4.74 Å². The SMILES string of the molecule is COC[C@@H](C)NC1=NCNC=C1C. The molecule has 1 aliphatic rings. The second-order valence-electron chi connectivity index (χ2n) is 3.20. The van der Waals surface area contributed by atoms with E-state index in [4.69, 9.17) is 4.74 Å². The molecule has 74 valence electrons. The number of hydrogen-bond donors (Lipinski definition) is 2. The fourth-order valence-corrected chi connectivity index (χ4v) is 1.20. The quantitative estimate of drug-likeness (QED) is 0.668. The molecule has 0 spiro atoms. The highest BCUT2D eigenvalue weighted by Gasteiger charge is 2.08. The van der Waals surface area contributed by atoms with E-state index in [9.17, 15) is 0 Å². The summed E-state index contributed by atoms with van der Waals surface area (Å²) in [4.78, 5) is 4.30. The van der Waals surface area contributed by atoms with Crippen LogP contribution in [0.15, 0.2) is 16.8 Å². The van der Waals surface area contributed by atoms with Gasteiger partial charge in [0.05, 0.1) is 6.61 Å². The Morgan fingerprint density at radius 2 is 2.54 bits per heavy atom. The van der Waals surface area contributed by atoms with Gasteiger partial charge >= 0.3 is 0 Å². The Labute approximate surface area is 79.1 Å². The largest absolute Gasteiger partial charge is 0.383 e. The molecule has 4 heteroatoms. The van der Waals surface area contributed by atoms with E-state index in [1.807, 2.05) is 13.1 Å². The van der Waals surface area contributed by atoms with Crippen molar-refractivity contribution in [2.45, 2.75) is 19.9 Å². The predicted octanol–water partition coefficient (Wildman–Crippen LogP) is 0.474. The van der Waals surface area contributed by atoms with Crippen molar-refractivity contribution in [2.75, 3.05) is 20.4 Å². The van der Waals surface area contributed by atoms with E-state index in [1.54, 1.807) is 7.11 Å². The van der Waals surface area contributed by atoms with Crippen LogP contribution in [0, 0.1) is 0 Å². The lowest BCUT2D eigenvalue weighted by Gasteiger charge is -2.19. The highest BCUT2D eigenvalue weighted by Crippen LogP contribution is 1.98. The summed E-state index contributed by atoms with van der Waals surface area (Å²) in [5.41, 5.74) is 1.13. The van der Waals surface area contributed by atoms with Crippen LogP contribution in [0.1, 0.15) is 13.8 Å². The van der Waals surface area contributed by atoms with Crippen molar-refractivity contribution < 1.29 is 4.74 Å². The number of amidine groups is 1. The first kappa shape index (κ1) is 10.1. The zero-order valence-corrected chi connectivity index (χ0v) is 8.42. The van der Waals surface area contributed by atoms with Gasteiger partial charge in [0.2, 0.25) is 0 Å². The van der Waals surface area contributed by atoms with Gasteiger partial charge in [-0.15, -0.1) is 0 Å². The van der Waals surface area contributed by atoms with Gasteiger partial charge in [0.25, 0.3) is 0 Å². The minimum atomic E-state index is 0.296. The minimum absolute atomic E-state index is 0.296. The number of aliphatic imine (C=N–C) groups is 1. The molecule has 2 N–H and O–H groups in total. The van der Waals surface area contributed by atoms with E-state index in [0.717, 1.165) is 11.4 Å². The fraction of sp³-hybridized carbons (Fsp3) is 0.667. The zero-order valence-electron chi connectivity index (χ0n) is 8.42. The van der Waals surface area contributed by atoms with Crippen LogP contribution in [0.2, 0.25) is 0 Å². The molecule has 0 saturated heterocycles. The molecule has 13 heavy (non-hydrogen) atoms. The minimum Gasteiger partial charge on any atom is -0.383 e. The number of ether oxygens (including phenoxy) is 1. The normalized spacial score (nSPS) is 18.4. The lowest BCUT2D eigenvalue weighted by Crippen LogP contribution is -2.38. The smallest absolute Gasteiger partial charge is 0.127 e. The molecule has 0 radical (unpaired) electrons. The topological polar surface area (TPSA) is 45.6 Å². The number of methoxy groups -OCH3 is 1. The van der Waals surface area contributed by atoms with Gasteiger partial charge in [-0.1, -0.05) is 0 Å². The monoisotopic (exact) mass is 183 g/mol. The Balaban J connectivity index is 2.43. The molecule has 1 rings (SSSR count). The highest BCUT2D eigenvalue weighted by atomic mass is 16.5. The van der Waals surface area contributed by atoms with E-state index >= 15 is 0 Å². The first-order valence-electron chi connectivity index (χ1n) is 4.44. The van der Waals surface area contributed by atoms with E-state index < -0.39 is 0 Å². The summed E-state index contributed by atoms with van der Waals surface area (Å²) in [5.74, 6) is 0.961. The van der Waals surface area contributed by atoms with Crippen molar-refractivity contribution in [1.82, 2.24) is 10.6 Å². The Morgan fingerprint density at radius 1 is 1.77 bits per heavy atom. The summed E-state index contributed by atoms with van der Waals surface area (Å²) >= 11 is 0. The molecule has 0 aliphatic carbocycles. The first-order valence-corrected chi connectivity index (χ1v) is 4.44. The molecule has 0 unspecified atom stereocenters. The molecule has 4 nitrogen and oxygen atoms in total. The molecular formula is C9H17N3O. The lowest BCUT2D eigenvalue weighted by atomic mass is 10.2. The second kappa shape index (κ2) is 4.87. The molecule has 0 aromatic rings. The van der Waals surface area contributed by atoms with E-state index in [1.165, 1.54) is 0 Å². The second-order valence-corrected chi connectivity index (χ2v) is 3.20. The molecule has 0 saturated carbocycles. The molecule has 0 aromatic carbocycles. The third-order valence-electron chi connectivity index (χ3n) is 1.82. The maximum absolute atomic E-state index is 5.03. The Hall–Kier alpha value is -1.03. The van der Waals surface area contributed by atoms with Crippen LogP contribution in [0.4, 0.5) is 0 Å². The van der Waals surface area contributed by atoms with Crippen molar-refractivity contribution >= 4 is 5.84 Å². The van der Waals surface area contributed by atoms with Crippen molar-refractivity contribution in [2.24, 2.45) is 4.99 Å². The molecule has 0 amide bonds. The van der Waals surface area contributed by atoms with Crippen molar-refractivity contribution in [3.05, 3.63) is 11.8 Å². The molecule has 0 fully saturated rings. The molecule has 1 aliphatic heterocycles. The van der Waals surface area contributed by atoms with Gasteiger partial charge < -0.3 is 15.4 Å². The summed E-state index contributed by atoms with van der Waals surface area (Å²) in [5, 5.41) is 6.34. The van der Waals surface area contributed by atoms with Gasteiger partial charge in [-0.3, -0.25) is 0 Å². The van der Waals surface area contributed by atoms with Crippen molar-refractivity contribution in [1.29, 1.82) is 0 Å². The molecule has 1 atom stereocenters. The molecular weight excluding hydrogens is 166 g/mol. The Kier molecular flexibility index (Phi) is 3.76. The summed E-state index contributed by atoms with van der Waals surface area (Å²) in [6.45, 7) is 5.44. The van der Waals surface area contributed by atoms with Crippen LogP contribution in [0.5, 0.6) is 0 Å². The van der Waals surface area contributed by atoms with Crippen LogP contribution >= 0.6 is 0 Å². The van der Waals surface area contributed by atoms with Crippen LogP contribution < -0.4 is 10.6 Å². The molecule has 0 aromatic heterocycles. The van der Waals surface area contributed by atoms with E-state index in [-0.39, 0.29) is 0 Å².